The molecule has 258 valence electrons. The maximum atomic E-state index is 6.81. The smallest absolute Gasteiger partial charge is 0.399 e. The van der Waals surface area contributed by atoms with Crippen molar-refractivity contribution in [1.82, 2.24) is 0 Å². The Morgan fingerprint density at radius 1 is 0.346 bits per heavy atom. The highest BCUT2D eigenvalue weighted by atomic mass is 16.7. The first-order chi connectivity index (χ1) is 24.7. The quantitative estimate of drug-likeness (QED) is 0.137. The van der Waals surface area contributed by atoms with Crippen LogP contribution in [0.3, 0.4) is 0 Å². The predicted molar refractivity (Wildman–Crippen MR) is 219 cm³/mol. The van der Waals surface area contributed by atoms with Crippen molar-refractivity contribution < 1.29 is 18.6 Å². The van der Waals surface area contributed by atoms with E-state index in [-0.39, 0.29) is 0 Å². The lowest BCUT2D eigenvalue weighted by atomic mass is 9.71. The Morgan fingerprint density at radius 2 is 0.788 bits per heavy atom. The largest absolute Gasteiger partial charge is 0.496 e. The Balaban J connectivity index is 1.30. The number of rotatable bonds is 4. The fourth-order valence-corrected chi connectivity index (χ4v) is 8.01. The van der Waals surface area contributed by atoms with Crippen LogP contribution in [-0.2, 0) is 18.6 Å². The minimum Gasteiger partial charge on any atom is -0.399 e. The molecule has 0 atom stereocenters. The second kappa shape index (κ2) is 11.5. The van der Waals surface area contributed by atoms with Crippen LogP contribution in [0.5, 0.6) is 0 Å². The van der Waals surface area contributed by atoms with E-state index in [1.54, 1.807) is 0 Å². The second-order valence-corrected chi connectivity index (χ2v) is 16.6. The summed E-state index contributed by atoms with van der Waals surface area (Å²) in [6.07, 6.45) is 0. The van der Waals surface area contributed by atoms with Gasteiger partial charge in [0.1, 0.15) is 0 Å². The van der Waals surface area contributed by atoms with Crippen molar-refractivity contribution in [2.45, 2.75) is 77.8 Å². The van der Waals surface area contributed by atoms with E-state index in [4.69, 9.17) is 18.6 Å². The monoisotopic (exact) mass is 682 g/mol. The lowest BCUT2D eigenvalue weighted by Gasteiger charge is -2.32. The van der Waals surface area contributed by atoms with Crippen molar-refractivity contribution in [3.05, 3.63) is 121 Å². The highest BCUT2D eigenvalue weighted by Gasteiger charge is 2.53. The number of benzene rings is 7. The van der Waals surface area contributed by atoms with E-state index in [0.29, 0.717) is 0 Å². The van der Waals surface area contributed by atoms with Gasteiger partial charge in [-0.1, -0.05) is 103 Å². The van der Waals surface area contributed by atoms with Gasteiger partial charge in [-0.25, -0.2) is 0 Å². The number of hydrogen-bond donors (Lipinski definition) is 0. The van der Waals surface area contributed by atoms with Crippen LogP contribution in [0.4, 0.5) is 0 Å². The van der Waals surface area contributed by atoms with Gasteiger partial charge >= 0.3 is 14.2 Å². The summed E-state index contributed by atoms with van der Waals surface area (Å²) < 4.78 is 27.1. The third-order valence-electron chi connectivity index (χ3n) is 12.3. The number of hydrogen-bond acceptors (Lipinski definition) is 4. The molecule has 0 amide bonds. The van der Waals surface area contributed by atoms with Crippen molar-refractivity contribution in [1.29, 1.82) is 0 Å². The summed E-state index contributed by atoms with van der Waals surface area (Å²) in [6, 6.07) is 43.9. The van der Waals surface area contributed by atoms with Crippen molar-refractivity contribution in [2.24, 2.45) is 0 Å². The Morgan fingerprint density at radius 3 is 1.40 bits per heavy atom. The van der Waals surface area contributed by atoms with E-state index in [2.05, 4.69) is 177 Å². The van der Waals surface area contributed by atoms with Gasteiger partial charge in [0.15, 0.2) is 0 Å². The first-order valence-corrected chi connectivity index (χ1v) is 18.5. The molecule has 2 fully saturated rings. The van der Waals surface area contributed by atoms with Crippen LogP contribution in [0.2, 0.25) is 0 Å². The molecule has 4 nitrogen and oxygen atoms in total. The molecule has 0 saturated carbocycles. The molecule has 0 bridgehead atoms. The van der Waals surface area contributed by atoms with Gasteiger partial charge in [0, 0.05) is 0 Å². The molecule has 2 aliphatic rings. The van der Waals surface area contributed by atoms with Crippen LogP contribution in [0.25, 0.3) is 65.3 Å². The topological polar surface area (TPSA) is 36.9 Å². The molecule has 0 aromatic heterocycles. The molecule has 2 heterocycles. The van der Waals surface area contributed by atoms with Crippen LogP contribution < -0.4 is 10.9 Å². The minimum absolute atomic E-state index is 0.458. The minimum atomic E-state index is -0.532. The molecule has 0 unspecified atom stereocenters. The molecule has 9 rings (SSSR count). The van der Waals surface area contributed by atoms with E-state index in [1.165, 1.54) is 27.3 Å². The fourth-order valence-electron chi connectivity index (χ4n) is 8.01. The molecule has 7 aromatic carbocycles. The van der Waals surface area contributed by atoms with E-state index in [0.717, 1.165) is 49.0 Å². The van der Waals surface area contributed by atoms with E-state index < -0.39 is 36.6 Å². The van der Waals surface area contributed by atoms with Crippen molar-refractivity contribution >= 4 is 68.3 Å². The summed E-state index contributed by atoms with van der Waals surface area (Å²) in [5, 5.41) is 9.21. The van der Waals surface area contributed by atoms with E-state index >= 15 is 0 Å². The van der Waals surface area contributed by atoms with Gasteiger partial charge in [0.25, 0.3) is 0 Å². The summed E-state index contributed by atoms with van der Waals surface area (Å²) in [5.41, 5.74) is 4.90. The van der Waals surface area contributed by atoms with Gasteiger partial charge in [-0.2, -0.15) is 0 Å². The Bertz CT molecular complexity index is 2520. The molecule has 0 aliphatic carbocycles. The SMILES string of the molecule is CC1(C)OB(c2c3ccccc3cc3ccc(-c4ccc5c(-c6ccccc6)c6ccccc6c(B6OC(C)(C)C(C)(C)O6)c5c4)cc23)OC1(C)C. The molecule has 2 saturated heterocycles. The molecular weight excluding hydrogens is 638 g/mol. The summed E-state index contributed by atoms with van der Waals surface area (Å²) in [5.74, 6) is 0. The van der Waals surface area contributed by atoms with Crippen molar-refractivity contribution in [3.8, 4) is 22.3 Å². The fraction of sp³-hybridized carbons (Fsp3) is 0.261. The maximum absolute atomic E-state index is 6.81. The molecule has 0 spiro atoms. The zero-order valence-electron chi connectivity index (χ0n) is 31.3. The van der Waals surface area contributed by atoms with Gasteiger partial charge in [0.05, 0.1) is 22.4 Å². The van der Waals surface area contributed by atoms with Crippen LogP contribution in [0.1, 0.15) is 55.4 Å². The molecular formula is C46H44B2O4. The Kier molecular flexibility index (Phi) is 7.40. The Hall–Kier alpha value is -4.45. The highest BCUT2D eigenvalue weighted by molar-refractivity contribution is 6.69. The average Bonchev–Trinajstić information content (AvgIpc) is 3.47. The lowest BCUT2D eigenvalue weighted by molar-refractivity contribution is 0.00578. The summed E-state index contributed by atoms with van der Waals surface area (Å²) in [6.45, 7) is 17.0. The Labute approximate surface area is 307 Å². The zero-order chi connectivity index (χ0) is 36.2. The predicted octanol–water partition coefficient (Wildman–Crippen LogP) is 10.2. The van der Waals surface area contributed by atoms with Gasteiger partial charge < -0.3 is 18.6 Å². The van der Waals surface area contributed by atoms with Gasteiger partial charge in [-0.05, 0) is 150 Å². The molecule has 6 heteroatoms. The zero-order valence-corrected chi connectivity index (χ0v) is 31.3. The van der Waals surface area contributed by atoms with Crippen LogP contribution in [0.15, 0.2) is 121 Å². The normalized spacial score (nSPS) is 19.0. The molecule has 0 radical (unpaired) electrons. The maximum Gasteiger partial charge on any atom is 0.496 e. The second-order valence-electron chi connectivity index (χ2n) is 16.6. The van der Waals surface area contributed by atoms with E-state index in [9.17, 15) is 0 Å². The molecule has 2 aliphatic heterocycles. The van der Waals surface area contributed by atoms with Gasteiger partial charge in [-0.15, -0.1) is 0 Å². The van der Waals surface area contributed by atoms with Gasteiger partial charge in [-0.3, -0.25) is 0 Å². The third-order valence-corrected chi connectivity index (χ3v) is 12.3. The first-order valence-electron chi connectivity index (χ1n) is 18.5. The van der Waals surface area contributed by atoms with E-state index in [1.807, 2.05) is 0 Å². The summed E-state index contributed by atoms with van der Waals surface area (Å²) in [4.78, 5) is 0. The molecule has 52 heavy (non-hydrogen) atoms. The molecule has 7 aromatic rings. The first kappa shape index (κ1) is 33.4. The van der Waals surface area contributed by atoms with Crippen molar-refractivity contribution in [2.75, 3.05) is 0 Å². The average molecular weight is 682 g/mol. The summed E-state index contributed by atoms with van der Waals surface area (Å²) in [7, 11) is -1.03. The number of fused-ring (bicyclic) bond motifs is 4. The highest BCUT2D eigenvalue weighted by Crippen LogP contribution is 2.43. The molecule has 0 N–H and O–H groups in total. The van der Waals surface area contributed by atoms with Crippen LogP contribution in [0, 0.1) is 0 Å². The van der Waals surface area contributed by atoms with Crippen LogP contribution in [-0.4, -0.2) is 36.6 Å². The standard InChI is InChI=1S/C46H44B2O4/c1-43(2)44(3,4)50-47(49-43)41-34-19-13-12-18-32(34)26-33-23-22-30(27-38(33)41)31-24-25-36-39(28-31)42(48-51-45(5,6)46(7,8)52-48)37-21-15-14-20-35(37)40(36)29-16-10-9-11-17-29/h9-28H,1-8H3. The van der Waals surface area contributed by atoms with Crippen LogP contribution >= 0.6 is 0 Å². The van der Waals surface area contributed by atoms with Gasteiger partial charge in [0.2, 0.25) is 0 Å². The van der Waals surface area contributed by atoms with Crippen molar-refractivity contribution in [3.63, 3.8) is 0 Å². The summed E-state index contributed by atoms with van der Waals surface area (Å²) >= 11 is 0. The lowest BCUT2D eigenvalue weighted by Crippen LogP contribution is -2.41. The third kappa shape index (κ3) is 5.07.